The number of ether oxygens (including phenoxy) is 3. The number of carbonyl (C=O) groups excluding carboxylic acids is 1. The van der Waals surface area contributed by atoms with Crippen molar-refractivity contribution < 1.29 is 19.0 Å². The first-order valence-corrected chi connectivity index (χ1v) is 11.5. The molecule has 0 saturated carbocycles. The lowest BCUT2D eigenvalue weighted by atomic mass is 10.2. The van der Waals surface area contributed by atoms with Gasteiger partial charge in [0.25, 0.3) is 5.91 Å². The van der Waals surface area contributed by atoms with E-state index in [0.717, 1.165) is 16.8 Å². The van der Waals surface area contributed by atoms with Crippen molar-refractivity contribution in [2.24, 2.45) is 5.10 Å². The minimum atomic E-state index is -0.0780. The van der Waals surface area contributed by atoms with Gasteiger partial charge in [-0.3, -0.25) is 4.79 Å². The summed E-state index contributed by atoms with van der Waals surface area (Å²) in [5, 5.41) is 4.46. The van der Waals surface area contributed by atoms with Crippen LogP contribution in [-0.4, -0.2) is 65.7 Å². The van der Waals surface area contributed by atoms with Gasteiger partial charge in [-0.2, -0.15) is 5.10 Å². The molecule has 1 saturated heterocycles. The molecule has 0 bridgehead atoms. The molecule has 1 aliphatic heterocycles. The number of benzene rings is 2. The highest BCUT2D eigenvalue weighted by Gasteiger charge is 2.26. The normalized spacial score (nSPS) is 18.3. The van der Waals surface area contributed by atoms with Gasteiger partial charge in [-0.25, -0.2) is 4.68 Å². The second-order valence-electron chi connectivity index (χ2n) is 8.18. The number of nitrogens with zero attached hydrogens (tertiary/aromatic N) is 3. The summed E-state index contributed by atoms with van der Waals surface area (Å²) in [6, 6.07) is 15.3. The zero-order chi connectivity index (χ0) is 24.1. The Labute approximate surface area is 203 Å². The summed E-state index contributed by atoms with van der Waals surface area (Å²) in [7, 11) is 1.56. The van der Waals surface area contributed by atoms with E-state index in [1.54, 1.807) is 35.0 Å². The van der Waals surface area contributed by atoms with Gasteiger partial charge in [0.2, 0.25) is 0 Å². The minimum absolute atomic E-state index is 0.0121. The van der Waals surface area contributed by atoms with Crippen molar-refractivity contribution in [3.8, 4) is 22.8 Å². The average Bonchev–Trinajstić information content (AvgIpc) is 3.21. The van der Waals surface area contributed by atoms with E-state index >= 15 is 0 Å². The summed E-state index contributed by atoms with van der Waals surface area (Å²) >= 11 is 5.39. The maximum Gasteiger partial charge on any atom is 0.260 e. The number of H-pyrrole nitrogens is 1. The van der Waals surface area contributed by atoms with E-state index in [9.17, 15) is 4.79 Å². The molecular weight excluding hydrogens is 452 g/mol. The third-order valence-electron chi connectivity index (χ3n) is 5.43. The summed E-state index contributed by atoms with van der Waals surface area (Å²) in [5.41, 5.74) is 2.72. The van der Waals surface area contributed by atoms with Crippen LogP contribution in [0.1, 0.15) is 19.4 Å². The molecule has 34 heavy (non-hydrogen) atoms. The lowest BCUT2D eigenvalue weighted by molar-refractivity contribution is -0.145. The van der Waals surface area contributed by atoms with Crippen LogP contribution in [0.2, 0.25) is 0 Å². The van der Waals surface area contributed by atoms with Crippen molar-refractivity contribution in [3.05, 3.63) is 65.1 Å². The number of amides is 1. The van der Waals surface area contributed by atoms with Gasteiger partial charge in [0, 0.05) is 13.1 Å². The molecule has 1 N–H and O–H groups in total. The van der Waals surface area contributed by atoms with Crippen LogP contribution in [0.5, 0.6) is 11.5 Å². The van der Waals surface area contributed by atoms with Crippen LogP contribution in [0.3, 0.4) is 0 Å². The Morgan fingerprint density at radius 1 is 1.18 bits per heavy atom. The molecule has 0 radical (unpaired) electrons. The van der Waals surface area contributed by atoms with Crippen LogP contribution in [0.4, 0.5) is 0 Å². The topological polar surface area (TPSA) is 81.1 Å². The smallest absolute Gasteiger partial charge is 0.260 e. The Bertz CT molecular complexity index is 1210. The molecule has 4 rings (SSSR count). The van der Waals surface area contributed by atoms with Crippen molar-refractivity contribution in [1.29, 1.82) is 0 Å². The van der Waals surface area contributed by atoms with Crippen LogP contribution >= 0.6 is 12.2 Å². The Morgan fingerprint density at radius 2 is 1.91 bits per heavy atom. The van der Waals surface area contributed by atoms with E-state index in [4.69, 9.17) is 26.4 Å². The van der Waals surface area contributed by atoms with Crippen LogP contribution in [0.25, 0.3) is 11.3 Å². The van der Waals surface area contributed by atoms with E-state index in [1.807, 2.05) is 56.4 Å². The van der Waals surface area contributed by atoms with E-state index < -0.39 is 0 Å². The number of nitrogens with one attached hydrogen (secondary N) is 1. The second kappa shape index (κ2) is 10.7. The number of imidazole rings is 1. The molecule has 1 fully saturated rings. The highest BCUT2D eigenvalue weighted by Crippen LogP contribution is 2.28. The molecule has 178 valence electrons. The first-order chi connectivity index (χ1) is 16.4. The molecular formula is C25H28N4O4S. The molecule has 9 heteroatoms. The number of rotatable bonds is 7. The molecule has 1 aromatic heterocycles. The third kappa shape index (κ3) is 5.73. The third-order valence-corrected chi connectivity index (χ3v) is 5.72. The van der Waals surface area contributed by atoms with E-state index in [2.05, 4.69) is 10.1 Å². The lowest BCUT2D eigenvalue weighted by Gasteiger charge is -2.35. The van der Waals surface area contributed by atoms with Gasteiger partial charge < -0.3 is 24.1 Å². The van der Waals surface area contributed by atoms with Gasteiger partial charge in [0.05, 0.1) is 37.4 Å². The molecule has 2 unspecified atom stereocenters. The van der Waals surface area contributed by atoms with Crippen molar-refractivity contribution >= 4 is 24.3 Å². The van der Waals surface area contributed by atoms with Gasteiger partial charge in [0.15, 0.2) is 22.9 Å². The highest BCUT2D eigenvalue weighted by atomic mass is 32.1. The fourth-order valence-corrected chi connectivity index (χ4v) is 4.07. The van der Waals surface area contributed by atoms with Crippen LogP contribution in [0, 0.1) is 4.77 Å². The van der Waals surface area contributed by atoms with Gasteiger partial charge in [-0.1, -0.05) is 30.3 Å². The van der Waals surface area contributed by atoms with Crippen LogP contribution in [0.15, 0.2) is 59.8 Å². The largest absolute Gasteiger partial charge is 0.493 e. The van der Waals surface area contributed by atoms with E-state index in [0.29, 0.717) is 29.4 Å². The van der Waals surface area contributed by atoms with Gasteiger partial charge in [-0.05, 0) is 55.4 Å². The van der Waals surface area contributed by atoms with Gasteiger partial charge in [0.1, 0.15) is 0 Å². The monoisotopic (exact) mass is 480 g/mol. The zero-order valence-electron chi connectivity index (χ0n) is 19.4. The number of aromatic amines is 1. The van der Waals surface area contributed by atoms with Gasteiger partial charge in [-0.15, -0.1) is 0 Å². The number of carbonyl (C=O) groups is 1. The van der Waals surface area contributed by atoms with Gasteiger partial charge >= 0.3 is 0 Å². The Hall–Kier alpha value is -3.43. The molecule has 1 aliphatic rings. The van der Waals surface area contributed by atoms with Crippen LogP contribution in [-0.2, 0) is 9.53 Å². The molecule has 0 spiro atoms. The predicted molar refractivity (Wildman–Crippen MR) is 133 cm³/mol. The molecule has 2 atom stereocenters. The first-order valence-electron chi connectivity index (χ1n) is 11.1. The van der Waals surface area contributed by atoms with Crippen molar-refractivity contribution in [1.82, 2.24) is 14.6 Å². The minimum Gasteiger partial charge on any atom is -0.493 e. The molecule has 1 amide bonds. The molecule has 0 aliphatic carbocycles. The Morgan fingerprint density at radius 3 is 2.62 bits per heavy atom. The van der Waals surface area contributed by atoms with Crippen molar-refractivity contribution in [3.63, 3.8) is 0 Å². The van der Waals surface area contributed by atoms with Crippen LogP contribution < -0.4 is 9.47 Å². The molecule has 8 nitrogen and oxygen atoms in total. The lowest BCUT2D eigenvalue weighted by Crippen LogP contribution is -2.49. The number of aromatic nitrogens is 2. The Balaban J connectivity index is 1.42. The highest BCUT2D eigenvalue weighted by molar-refractivity contribution is 7.71. The standard InChI is InChI=1S/C25H28N4O4S/c1-17-13-28(14-18(2)33-17)24(30)16-32-22-10-9-19(11-23(22)31-3)12-26-29-15-21(27-25(29)34)20-7-5-4-6-8-20/h4-12,15,17-18H,13-14,16H2,1-3H3,(H,27,34). The number of hydrogen-bond acceptors (Lipinski definition) is 6. The number of morpholine rings is 1. The fraction of sp³-hybridized carbons (Fsp3) is 0.320. The Kier molecular flexibility index (Phi) is 7.44. The molecule has 2 heterocycles. The second-order valence-corrected chi connectivity index (χ2v) is 8.57. The zero-order valence-corrected chi connectivity index (χ0v) is 20.2. The number of hydrogen-bond donors (Lipinski definition) is 1. The molecule has 2 aromatic carbocycles. The summed E-state index contributed by atoms with van der Waals surface area (Å²) in [6.45, 7) is 4.98. The SMILES string of the molecule is COc1cc(C=Nn2cc(-c3ccccc3)[nH]c2=S)ccc1OCC(=O)N1CC(C)OC(C)C1. The van der Waals surface area contributed by atoms with E-state index in [1.165, 1.54) is 0 Å². The number of methoxy groups -OCH3 is 1. The summed E-state index contributed by atoms with van der Waals surface area (Å²) < 4.78 is 19.0. The summed E-state index contributed by atoms with van der Waals surface area (Å²) in [6.07, 6.45) is 3.56. The maximum absolute atomic E-state index is 12.6. The maximum atomic E-state index is 12.6. The first kappa shape index (κ1) is 23.7. The van der Waals surface area contributed by atoms with E-state index in [-0.39, 0.29) is 24.7 Å². The quantitative estimate of drug-likeness (QED) is 0.407. The van der Waals surface area contributed by atoms with Crippen molar-refractivity contribution in [2.45, 2.75) is 26.1 Å². The summed E-state index contributed by atoms with van der Waals surface area (Å²) in [5.74, 6) is 0.931. The van der Waals surface area contributed by atoms with Crippen molar-refractivity contribution in [2.75, 3.05) is 26.8 Å². The average molecular weight is 481 g/mol. The fourth-order valence-electron chi connectivity index (χ4n) is 3.86. The molecule has 3 aromatic rings. The predicted octanol–water partition coefficient (Wildman–Crippen LogP) is 4.12. The summed E-state index contributed by atoms with van der Waals surface area (Å²) in [4.78, 5) is 17.5.